The number of ether oxygens (including phenoxy) is 1. The van der Waals surface area contributed by atoms with Gasteiger partial charge in [-0.1, -0.05) is 22.0 Å². The number of sulfone groups is 1. The third kappa shape index (κ3) is 4.44. The van der Waals surface area contributed by atoms with Gasteiger partial charge in [0.2, 0.25) is 0 Å². The lowest BCUT2D eigenvalue weighted by atomic mass is 9.97. The second kappa shape index (κ2) is 6.67. The standard InChI is InChI=1S/C15H22BrNO3S/c1-10(17)14-7-6-11(16)8-15(14)20-12-4-3-5-13(9-12)21(2,18)19/h6-8,10,12-13H,3-5,9,17H2,1-2H3. The van der Waals surface area contributed by atoms with Crippen molar-refractivity contribution in [2.24, 2.45) is 5.73 Å². The number of hydrogen-bond donors (Lipinski definition) is 1. The molecular formula is C15H22BrNO3S. The third-order valence-corrected chi connectivity index (χ3v) is 6.08. The first-order valence-corrected chi connectivity index (χ1v) is 9.92. The van der Waals surface area contributed by atoms with E-state index in [2.05, 4.69) is 15.9 Å². The zero-order valence-corrected chi connectivity index (χ0v) is 14.8. The Morgan fingerprint density at radius 2 is 2.10 bits per heavy atom. The summed E-state index contributed by atoms with van der Waals surface area (Å²) in [7, 11) is -3.00. The number of nitrogens with two attached hydrogens (primary N) is 1. The Balaban J connectivity index is 2.16. The van der Waals surface area contributed by atoms with E-state index in [1.54, 1.807) is 0 Å². The fraction of sp³-hybridized carbons (Fsp3) is 0.600. The first-order valence-electron chi connectivity index (χ1n) is 7.18. The van der Waals surface area contributed by atoms with E-state index in [0.717, 1.165) is 35.0 Å². The first kappa shape index (κ1) is 16.8. The quantitative estimate of drug-likeness (QED) is 0.876. The predicted molar refractivity (Wildman–Crippen MR) is 88.3 cm³/mol. The van der Waals surface area contributed by atoms with Gasteiger partial charge in [-0.15, -0.1) is 0 Å². The molecule has 1 aliphatic carbocycles. The van der Waals surface area contributed by atoms with Crippen molar-refractivity contribution in [2.45, 2.75) is 50.0 Å². The average Bonchev–Trinajstić information content (AvgIpc) is 2.37. The Morgan fingerprint density at radius 3 is 2.71 bits per heavy atom. The lowest BCUT2D eigenvalue weighted by molar-refractivity contribution is 0.154. The number of hydrogen-bond acceptors (Lipinski definition) is 4. The Morgan fingerprint density at radius 1 is 1.38 bits per heavy atom. The van der Waals surface area contributed by atoms with Crippen molar-refractivity contribution >= 4 is 25.8 Å². The van der Waals surface area contributed by atoms with Gasteiger partial charge < -0.3 is 10.5 Å². The van der Waals surface area contributed by atoms with Gasteiger partial charge in [-0.05, 0) is 38.3 Å². The van der Waals surface area contributed by atoms with Crippen molar-refractivity contribution in [1.29, 1.82) is 0 Å². The second-order valence-corrected chi connectivity index (χ2v) is 9.07. The van der Waals surface area contributed by atoms with Gasteiger partial charge in [0.1, 0.15) is 15.6 Å². The highest BCUT2D eigenvalue weighted by Crippen LogP contribution is 2.32. The van der Waals surface area contributed by atoms with Crippen molar-refractivity contribution in [3.8, 4) is 5.75 Å². The summed E-state index contributed by atoms with van der Waals surface area (Å²) in [5.74, 6) is 0.749. The molecule has 3 atom stereocenters. The maximum absolute atomic E-state index is 11.7. The van der Waals surface area contributed by atoms with E-state index in [-0.39, 0.29) is 17.4 Å². The van der Waals surface area contributed by atoms with Crippen LogP contribution in [0, 0.1) is 0 Å². The van der Waals surface area contributed by atoms with Crippen LogP contribution in [0.4, 0.5) is 0 Å². The zero-order valence-electron chi connectivity index (χ0n) is 12.4. The molecule has 118 valence electrons. The minimum Gasteiger partial charge on any atom is -0.490 e. The lowest BCUT2D eigenvalue weighted by Gasteiger charge is -2.29. The third-order valence-electron chi connectivity index (χ3n) is 3.94. The topological polar surface area (TPSA) is 69.4 Å². The molecule has 0 spiro atoms. The molecule has 0 heterocycles. The Kier molecular flexibility index (Phi) is 5.33. The van der Waals surface area contributed by atoms with Crippen LogP contribution in [-0.4, -0.2) is 26.0 Å². The SMILES string of the molecule is CC(N)c1ccc(Br)cc1OC1CCCC(S(C)(=O)=O)C1. The summed E-state index contributed by atoms with van der Waals surface area (Å²) in [5, 5.41) is -0.290. The molecule has 0 aliphatic heterocycles. The largest absolute Gasteiger partial charge is 0.490 e. The number of rotatable bonds is 4. The normalized spacial score (nSPS) is 24.6. The smallest absolute Gasteiger partial charge is 0.150 e. The molecular weight excluding hydrogens is 354 g/mol. The van der Waals surface area contributed by atoms with E-state index in [0.29, 0.717) is 6.42 Å². The molecule has 2 N–H and O–H groups in total. The molecule has 1 aliphatic rings. The van der Waals surface area contributed by atoms with Crippen LogP contribution in [0.5, 0.6) is 5.75 Å². The summed E-state index contributed by atoms with van der Waals surface area (Å²) >= 11 is 3.44. The average molecular weight is 376 g/mol. The fourth-order valence-electron chi connectivity index (χ4n) is 2.76. The summed E-state index contributed by atoms with van der Waals surface area (Å²) in [6, 6.07) is 5.66. The van der Waals surface area contributed by atoms with Crippen molar-refractivity contribution in [1.82, 2.24) is 0 Å². The molecule has 6 heteroatoms. The van der Waals surface area contributed by atoms with Crippen molar-refractivity contribution in [3.63, 3.8) is 0 Å². The summed E-state index contributed by atoms with van der Waals surface area (Å²) in [4.78, 5) is 0. The van der Waals surface area contributed by atoms with Gasteiger partial charge in [0.15, 0.2) is 0 Å². The van der Waals surface area contributed by atoms with Crippen LogP contribution >= 0.6 is 15.9 Å². The molecule has 1 aromatic rings. The van der Waals surface area contributed by atoms with Crippen LogP contribution in [-0.2, 0) is 9.84 Å². The first-order chi connectivity index (χ1) is 9.77. The number of benzene rings is 1. The Labute approximate surface area is 135 Å². The minimum absolute atomic E-state index is 0.0646. The van der Waals surface area contributed by atoms with E-state index < -0.39 is 9.84 Å². The molecule has 3 unspecified atom stereocenters. The van der Waals surface area contributed by atoms with Gasteiger partial charge >= 0.3 is 0 Å². The highest BCUT2D eigenvalue weighted by molar-refractivity contribution is 9.10. The summed E-state index contributed by atoms with van der Waals surface area (Å²) in [5.41, 5.74) is 6.92. The van der Waals surface area contributed by atoms with E-state index in [1.165, 1.54) is 6.26 Å². The summed E-state index contributed by atoms with van der Waals surface area (Å²) in [6.45, 7) is 1.91. The van der Waals surface area contributed by atoms with Crippen LogP contribution in [0.2, 0.25) is 0 Å². The summed E-state index contributed by atoms with van der Waals surface area (Å²) in [6.07, 6.45) is 4.30. The van der Waals surface area contributed by atoms with Gasteiger partial charge in [0, 0.05) is 28.8 Å². The van der Waals surface area contributed by atoms with Crippen molar-refractivity contribution in [2.75, 3.05) is 6.26 Å². The van der Waals surface area contributed by atoms with Crippen LogP contribution in [0.25, 0.3) is 0 Å². The molecule has 2 rings (SSSR count). The van der Waals surface area contributed by atoms with Crippen LogP contribution in [0.1, 0.15) is 44.2 Å². The van der Waals surface area contributed by atoms with Crippen molar-refractivity contribution < 1.29 is 13.2 Å². The van der Waals surface area contributed by atoms with Crippen LogP contribution in [0.3, 0.4) is 0 Å². The molecule has 0 amide bonds. The predicted octanol–water partition coefficient (Wildman–Crippen LogP) is 3.20. The van der Waals surface area contributed by atoms with E-state index >= 15 is 0 Å². The van der Waals surface area contributed by atoms with Crippen LogP contribution < -0.4 is 10.5 Å². The second-order valence-electron chi connectivity index (χ2n) is 5.83. The summed E-state index contributed by atoms with van der Waals surface area (Å²) < 4.78 is 30.5. The van der Waals surface area contributed by atoms with Crippen molar-refractivity contribution in [3.05, 3.63) is 28.2 Å². The number of halogens is 1. The van der Waals surface area contributed by atoms with Gasteiger partial charge in [0.25, 0.3) is 0 Å². The highest BCUT2D eigenvalue weighted by atomic mass is 79.9. The Hall–Kier alpha value is -0.590. The molecule has 0 bridgehead atoms. The highest BCUT2D eigenvalue weighted by Gasteiger charge is 2.30. The molecule has 0 aromatic heterocycles. The van der Waals surface area contributed by atoms with Crippen LogP contribution in [0.15, 0.2) is 22.7 Å². The van der Waals surface area contributed by atoms with E-state index in [9.17, 15) is 8.42 Å². The minimum atomic E-state index is -3.00. The molecule has 1 saturated carbocycles. The molecule has 4 nitrogen and oxygen atoms in total. The van der Waals surface area contributed by atoms with Gasteiger partial charge in [-0.2, -0.15) is 0 Å². The van der Waals surface area contributed by atoms with Gasteiger partial charge in [-0.25, -0.2) is 8.42 Å². The monoisotopic (exact) mass is 375 g/mol. The van der Waals surface area contributed by atoms with E-state index in [4.69, 9.17) is 10.5 Å². The fourth-order valence-corrected chi connectivity index (χ4v) is 4.26. The molecule has 21 heavy (non-hydrogen) atoms. The maximum Gasteiger partial charge on any atom is 0.150 e. The maximum atomic E-state index is 11.7. The Bertz CT molecular complexity index is 601. The zero-order chi connectivity index (χ0) is 15.6. The molecule has 0 radical (unpaired) electrons. The molecule has 1 fully saturated rings. The van der Waals surface area contributed by atoms with Gasteiger partial charge in [-0.3, -0.25) is 0 Å². The van der Waals surface area contributed by atoms with E-state index in [1.807, 2.05) is 25.1 Å². The molecule has 1 aromatic carbocycles. The van der Waals surface area contributed by atoms with Gasteiger partial charge in [0.05, 0.1) is 11.4 Å². The molecule has 0 saturated heterocycles. The lowest BCUT2D eigenvalue weighted by Crippen LogP contribution is -2.33.